The highest BCUT2D eigenvalue weighted by Gasteiger charge is 2.40. The molecule has 4 heterocycles. The van der Waals surface area contributed by atoms with Crippen LogP contribution in [0.4, 0.5) is 5.82 Å². The van der Waals surface area contributed by atoms with Crippen molar-refractivity contribution >= 4 is 5.82 Å². The molecule has 0 spiro atoms. The lowest BCUT2D eigenvalue weighted by Gasteiger charge is -2.23. The highest BCUT2D eigenvalue weighted by Crippen LogP contribution is 2.34. The van der Waals surface area contributed by atoms with E-state index in [1.165, 1.54) is 5.56 Å². The highest BCUT2D eigenvalue weighted by molar-refractivity contribution is 5.48. The van der Waals surface area contributed by atoms with Gasteiger partial charge in [0.1, 0.15) is 18.0 Å². The number of rotatable bonds is 3. The molecule has 6 heteroatoms. The third-order valence-electron chi connectivity index (χ3n) is 5.39. The van der Waals surface area contributed by atoms with E-state index in [0.29, 0.717) is 0 Å². The van der Waals surface area contributed by atoms with E-state index in [2.05, 4.69) is 43.6 Å². The second-order valence-electron chi connectivity index (χ2n) is 7.12. The summed E-state index contributed by atoms with van der Waals surface area (Å²) in [6.45, 7) is 11.6. The van der Waals surface area contributed by atoms with Crippen LogP contribution in [-0.2, 0) is 6.54 Å². The smallest absolute Gasteiger partial charge is 0.135 e. The van der Waals surface area contributed by atoms with Crippen LogP contribution in [0.15, 0.2) is 18.6 Å². The molecule has 0 amide bonds. The molecule has 0 aliphatic carbocycles. The third kappa shape index (κ3) is 2.86. The van der Waals surface area contributed by atoms with Crippen molar-refractivity contribution in [2.45, 2.75) is 27.3 Å². The maximum atomic E-state index is 4.53. The molecular weight excluding hydrogens is 300 g/mol. The summed E-state index contributed by atoms with van der Waals surface area (Å²) < 4.78 is 0. The summed E-state index contributed by atoms with van der Waals surface area (Å²) in [5.74, 6) is 3.42. The molecule has 2 atom stereocenters. The Kier molecular flexibility index (Phi) is 3.92. The van der Waals surface area contributed by atoms with E-state index in [4.69, 9.17) is 0 Å². The summed E-state index contributed by atoms with van der Waals surface area (Å²) in [6, 6.07) is 2.03. The van der Waals surface area contributed by atoms with Crippen LogP contribution in [0.3, 0.4) is 0 Å². The number of anilines is 1. The third-order valence-corrected chi connectivity index (χ3v) is 5.39. The van der Waals surface area contributed by atoms with Crippen LogP contribution in [0.5, 0.6) is 0 Å². The minimum atomic E-state index is 0.725. The first kappa shape index (κ1) is 15.4. The molecule has 0 bridgehead atoms. The van der Waals surface area contributed by atoms with Gasteiger partial charge in [0.05, 0.1) is 5.69 Å². The maximum absolute atomic E-state index is 4.53. The van der Waals surface area contributed by atoms with Crippen LogP contribution in [0.2, 0.25) is 0 Å². The van der Waals surface area contributed by atoms with Crippen molar-refractivity contribution < 1.29 is 0 Å². The number of aryl methyl sites for hydroxylation is 2. The maximum Gasteiger partial charge on any atom is 0.135 e. The Morgan fingerprint density at radius 2 is 1.75 bits per heavy atom. The fraction of sp³-hybridized carbons (Fsp3) is 0.556. The van der Waals surface area contributed by atoms with Crippen molar-refractivity contribution in [3.63, 3.8) is 0 Å². The zero-order chi connectivity index (χ0) is 16.7. The van der Waals surface area contributed by atoms with Gasteiger partial charge >= 0.3 is 0 Å². The predicted molar refractivity (Wildman–Crippen MR) is 92.7 cm³/mol. The summed E-state index contributed by atoms with van der Waals surface area (Å²) in [4.78, 5) is 22.5. The zero-order valence-electron chi connectivity index (χ0n) is 14.6. The molecule has 2 saturated heterocycles. The zero-order valence-corrected chi connectivity index (χ0v) is 14.6. The van der Waals surface area contributed by atoms with Crippen molar-refractivity contribution in [2.75, 3.05) is 31.1 Å². The van der Waals surface area contributed by atoms with Gasteiger partial charge in [0, 0.05) is 50.2 Å². The van der Waals surface area contributed by atoms with Crippen LogP contribution in [0.1, 0.15) is 22.8 Å². The number of hydrogen-bond acceptors (Lipinski definition) is 6. The quantitative estimate of drug-likeness (QED) is 0.857. The first-order chi connectivity index (χ1) is 11.6. The Hall–Kier alpha value is -2.08. The van der Waals surface area contributed by atoms with Gasteiger partial charge in [-0.3, -0.25) is 4.90 Å². The fourth-order valence-electron chi connectivity index (χ4n) is 4.06. The lowest BCUT2D eigenvalue weighted by atomic mass is 10.0. The standard InChI is InChI=1S/C18H24N6/c1-12-13(2)20-11-21-18(12)24-8-15-6-23(7-16(15)9-24)10-17-4-5-19-14(3)22-17/h4-5,11,15-16H,6-10H2,1-3H3. The Bertz CT molecular complexity index is 732. The first-order valence-electron chi connectivity index (χ1n) is 8.64. The Balaban J connectivity index is 1.41. The highest BCUT2D eigenvalue weighted by atomic mass is 15.3. The number of nitrogens with zero attached hydrogens (tertiary/aromatic N) is 6. The minimum Gasteiger partial charge on any atom is -0.356 e. The first-order valence-corrected chi connectivity index (χ1v) is 8.64. The molecule has 24 heavy (non-hydrogen) atoms. The van der Waals surface area contributed by atoms with Crippen LogP contribution in [0, 0.1) is 32.6 Å². The Labute approximate surface area is 143 Å². The molecule has 0 N–H and O–H groups in total. The minimum absolute atomic E-state index is 0.725. The SMILES string of the molecule is Cc1nccc(CN2CC3CN(c4ncnc(C)c4C)CC3C2)n1. The molecule has 6 nitrogen and oxygen atoms in total. The molecule has 2 aliphatic heterocycles. The number of likely N-dealkylation sites (tertiary alicyclic amines) is 1. The number of fused-ring (bicyclic) bond motifs is 1. The fourth-order valence-corrected chi connectivity index (χ4v) is 4.06. The molecule has 0 aromatic carbocycles. The van der Waals surface area contributed by atoms with E-state index in [1.54, 1.807) is 6.33 Å². The summed E-state index contributed by atoms with van der Waals surface area (Å²) >= 11 is 0. The molecule has 2 aromatic heterocycles. The van der Waals surface area contributed by atoms with Gasteiger partial charge in [0.15, 0.2) is 0 Å². The molecule has 0 saturated carbocycles. The van der Waals surface area contributed by atoms with Crippen molar-refractivity contribution in [1.82, 2.24) is 24.8 Å². The molecule has 0 radical (unpaired) electrons. The summed E-state index contributed by atoms with van der Waals surface area (Å²) in [5.41, 5.74) is 3.42. The van der Waals surface area contributed by atoms with Gasteiger partial charge in [-0.1, -0.05) is 0 Å². The van der Waals surface area contributed by atoms with Crippen molar-refractivity contribution in [3.05, 3.63) is 41.4 Å². The van der Waals surface area contributed by atoms with Crippen LogP contribution in [0.25, 0.3) is 0 Å². The largest absolute Gasteiger partial charge is 0.356 e. The lowest BCUT2D eigenvalue weighted by molar-refractivity contribution is 0.304. The second kappa shape index (κ2) is 6.09. The molecular formula is C18H24N6. The van der Waals surface area contributed by atoms with Crippen molar-refractivity contribution in [3.8, 4) is 0 Å². The predicted octanol–water partition coefficient (Wildman–Crippen LogP) is 1.76. The topological polar surface area (TPSA) is 58.0 Å². The van der Waals surface area contributed by atoms with Crippen LogP contribution < -0.4 is 4.90 Å². The average molecular weight is 324 g/mol. The van der Waals surface area contributed by atoms with E-state index >= 15 is 0 Å². The van der Waals surface area contributed by atoms with E-state index in [9.17, 15) is 0 Å². The number of hydrogen-bond donors (Lipinski definition) is 0. The molecule has 2 aromatic rings. The van der Waals surface area contributed by atoms with Crippen molar-refractivity contribution in [2.24, 2.45) is 11.8 Å². The normalized spacial score (nSPS) is 23.7. The van der Waals surface area contributed by atoms with Gasteiger partial charge in [0.2, 0.25) is 0 Å². The van der Waals surface area contributed by atoms with Gasteiger partial charge in [-0.05, 0) is 38.7 Å². The number of aromatic nitrogens is 4. The Morgan fingerprint density at radius 3 is 2.46 bits per heavy atom. The molecule has 2 unspecified atom stereocenters. The lowest BCUT2D eigenvalue weighted by Crippen LogP contribution is -2.30. The van der Waals surface area contributed by atoms with Crippen LogP contribution in [-0.4, -0.2) is 51.0 Å². The summed E-state index contributed by atoms with van der Waals surface area (Å²) in [6.07, 6.45) is 3.55. The second-order valence-corrected chi connectivity index (χ2v) is 7.12. The van der Waals surface area contributed by atoms with Gasteiger partial charge < -0.3 is 4.90 Å². The molecule has 126 valence electrons. The summed E-state index contributed by atoms with van der Waals surface area (Å²) in [7, 11) is 0. The van der Waals surface area contributed by atoms with E-state index in [1.807, 2.05) is 19.2 Å². The van der Waals surface area contributed by atoms with E-state index in [0.717, 1.165) is 67.6 Å². The molecule has 2 aliphatic rings. The van der Waals surface area contributed by atoms with E-state index < -0.39 is 0 Å². The average Bonchev–Trinajstić information content (AvgIpc) is 3.08. The molecule has 2 fully saturated rings. The monoisotopic (exact) mass is 324 g/mol. The van der Waals surface area contributed by atoms with Gasteiger partial charge in [0.25, 0.3) is 0 Å². The summed E-state index contributed by atoms with van der Waals surface area (Å²) in [5, 5.41) is 0. The molecule has 4 rings (SSSR count). The van der Waals surface area contributed by atoms with E-state index in [-0.39, 0.29) is 0 Å². The van der Waals surface area contributed by atoms with Gasteiger partial charge in [-0.25, -0.2) is 19.9 Å². The van der Waals surface area contributed by atoms with Crippen molar-refractivity contribution in [1.29, 1.82) is 0 Å². The van der Waals surface area contributed by atoms with Crippen LogP contribution >= 0.6 is 0 Å². The van der Waals surface area contributed by atoms with Gasteiger partial charge in [-0.15, -0.1) is 0 Å². The Morgan fingerprint density at radius 1 is 1.00 bits per heavy atom. The van der Waals surface area contributed by atoms with Gasteiger partial charge in [-0.2, -0.15) is 0 Å².